The van der Waals surface area contributed by atoms with Gasteiger partial charge < -0.3 is 20.8 Å². The molecule has 10 heteroatoms. The summed E-state index contributed by atoms with van der Waals surface area (Å²) in [4.78, 5) is 4.69. The van der Waals surface area contributed by atoms with Gasteiger partial charge in [0.05, 0.1) is 21.4 Å². The predicted molar refractivity (Wildman–Crippen MR) is 228 cm³/mol. The van der Waals surface area contributed by atoms with Gasteiger partial charge in [-0.05, 0) is 90.6 Å². The summed E-state index contributed by atoms with van der Waals surface area (Å²) in [7, 11) is 0. The summed E-state index contributed by atoms with van der Waals surface area (Å²) < 4.78 is 0. The van der Waals surface area contributed by atoms with Crippen molar-refractivity contribution in [2.75, 3.05) is 10.6 Å². The number of phenolic OH excluding ortho intramolecular Hbond substituents is 2. The first-order valence-electron chi connectivity index (χ1n) is 17.1. The standard InChI is InChI=1S/C22H21Cl2NOS.C21H19Cl2NOS/c1-3-17-18(23)12-19(22(26)21(17)24)25-13-15-6-4-5-7-20(15)27-16-10-8-14(2)9-11-16;1-2-16-17(22)12-18(21(25)20(16)23)24-13-14-8-6-7-11-19(14)26-15-9-4-3-5-10-15/h4-12,25-26H,3,13H2,1-2H3;3-12,24-25H,2,13H2,1H3. The number of nitrogens with one attached hydrogen (secondary N) is 2. The van der Waals surface area contributed by atoms with Gasteiger partial charge in [0.25, 0.3) is 0 Å². The van der Waals surface area contributed by atoms with Crippen molar-refractivity contribution in [3.8, 4) is 11.5 Å². The van der Waals surface area contributed by atoms with E-state index in [1.165, 1.54) is 15.4 Å². The molecule has 6 aromatic carbocycles. The molecule has 0 fully saturated rings. The lowest BCUT2D eigenvalue weighted by atomic mass is 10.1. The summed E-state index contributed by atoms with van der Waals surface area (Å²) in [5.74, 6) is 0.0858. The van der Waals surface area contributed by atoms with Gasteiger partial charge in [0, 0.05) is 42.7 Å². The SMILES string of the molecule is CCc1c(Cl)cc(NCc2ccccc2Sc2ccc(C)cc2)c(O)c1Cl.CCc1c(Cl)cc(NCc2ccccc2Sc2ccccc2)c(O)c1Cl. The molecule has 0 saturated heterocycles. The summed E-state index contributed by atoms with van der Waals surface area (Å²) >= 11 is 28.5. The molecule has 0 aromatic heterocycles. The molecule has 0 spiro atoms. The maximum Gasteiger partial charge on any atom is 0.157 e. The average molecular weight is 823 g/mol. The second kappa shape index (κ2) is 19.6. The second-order valence-electron chi connectivity index (χ2n) is 12.1. The minimum absolute atomic E-state index is 0.0427. The van der Waals surface area contributed by atoms with Crippen LogP contribution in [0.15, 0.2) is 135 Å². The van der Waals surface area contributed by atoms with Gasteiger partial charge in [-0.15, -0.1) is 0 Å². The lowest BCUT2D eigenvalue weighted by Crippen LogP contribution is -2.02. The number of aromatic hydroxyl groups is 2. The van der Waals surface area contributed by atoms with E-state index in [4.69, 9.17) is 46.4 Å². The fourth-order valence-electron chi connectivity index (χ4n) is 5.44. The van der Waals surface area contributed by atoms with Crippen LogP contribution in [-0.4, -0.2) is 10.2 Å². The smallest absolute Gasteiger partial charge is 0.157 e. The zero-order valence-electron chi connectivity index (χ0n) is 29.5. The van der Waals surface area contributed by atoms with Crippen LogP contribution in [0.3, 0.4) is 0 Å². The Morgan fingerprint density at radius 2 is 0.925 bits per heavy atom. The van der Waals surface area contributed by atoms with Crippen LogP contribution in [0.4, 0.5) is 11.4 Å². The normalized spacial score (nSPS) is 10.8. The van der Waals surface area contributed by atoms with Crippen LogP contribution in [0.1, 0.15) is 41.7 Å². The van der Waals surface area contributed by atoms with Crippen molar-refractivity contribution < 1.29 is 10.2 Å². The highest BCUT2D eigenvalue weighted by Crippen LogP contribution is 2.42. The van der Waals surface area contributed by atoms with Crippen molar-refractivity contribution >= 4 is 81.3 Å². The number of benzene rings is 6. The van der Waals surface area contributed by atoms with E-state index in [0.29, 0.717) is 57.4 Å². The van der Waals surface area contributed by atoms with Crippen molar-refractivity contribution in [1.29, 1.82) is 0 Å². The number of anilines is 2. The molecule has 4 N–H and O–H groups in total. The van der Waals surface area contributed by atoms with Crippen LogP contribution in [0.2, 0.25) is 20.1 Å². The van der Waals surface area contributed by atoms with Gasteiger partial charge in [-0.2, -0.15) is 0 Å². The molecular weight excluding hydrogens is 782 g/mol. The van der Waals surface area contributed by atoms with Gasteiger partial charge in [-0.1, -0.05) is 156 Å². The highest BCUT2D eigenvalue weighted by molar-refractivity contribution is 7.99. The molecule has 0 unspecified atom stereocenters. The lowest BCUT2D eigenvalue weighted by Gasteiger charge is -2.15. The molecule has 0 bridgehead atoms. The van der Waals surface area contributed by atoms with Crippen LogP contribution >= 0.6 is 69.9 Å². The van der Waals surface area contributed by atoms with Crippen LogP contribution in [0.25, 0.3) is 0 Å². The molecular formula is C43H40Cl4N2O2S2. The van der Waals surface area contributed by atoms with Crippen LogP contribution in [0.5, 0.6) is 11.5 Å². The first-order chi connectivity index (χ1) is 25.6. The maximum atomic E-state index is 10.4. The predicted octanol–water partition coefficient (Wildman–Crippen LogP) is 14.4. The number of phenols is 2. The highest BCUT2D eigenvalue weighted by atomic mass is 35.5. The fraction of sp³-hybridized carbons (Fsp3) is 0.163. The maximum absolute atomic E-state index is 10.4. The number of halogens is 4. The zero-order valence-corrected chi connectivity index (χ0v) is 34.2. The summed E-state index contributed by atoms with van der Waals surface area (Å²) in [5, 5.41) is 29.0. The van der Waals surface area contributed by atoms with Crippen molar-refractivity contribution in [3.63, 3.8) is 0 Å². The molecule has 6 aromatic rings. The van der Waals surface area contributed by atoms with E-state index < -0.39 is 0 Å². The van der Waals surface area contributed by atoms with E-state index >= 15 is 0 Å². The fourth-order valence-corrected chi connectivity index (χ4v) is 8.80. The van der Waals surface area contributed by atoms with Crippen molar-refractivity contribution in [2.24, 2.45) is 0 Å². The first kappa shape index (κ1) is 40.6. The Morgan fingerprint density at radius 3 is 1.36 bits per heavy atom. The van der Waals surface area contributed by atoms with E-state index in [1.807, 2.05) is 56.3 Å². The molecule has 0 heterocycles. The minimum atomic E-state index is 0.0427. The molecule has 0 saturated carbocycles. The van der Waals surface area contributed by atoms with Gasteiger partial charge >= 0.3 is 0 Å². The van der Waals surface area contributed by atoms with E-state index in [2.05, 4.69) is 78.2 Å². The minimum Gasteiger partial charge on any atom is -0.504 e. The Labute approximate surface area is 340 Å². The average Bonchev–Trinajstić information content (AvgIpc) is 3.16. The Kier molecular flexibility index (Phi) is 15.0. The number of hydrogen-bond donors (Lipinski definition) is 4. The monoisotopic (exact) mass is 820 g/mol. The van der Waals surface area contributed by atoms with Crippen molar-refractivity contribution in [1.82, 2.24) is 0 Å². The molecule has 0 radical (unpaired) electrons. The number of rotatable bonds is 12. The van der Waals surface area contributed by atoms with Gasteiger partial charge in [-0.3, -0.25) is 0 Å². The Hall–Kier alpha value is -3.62. The lowest BCUT2D eigenvalue weighted by molar-refractivity contribution is 0.476. The van der Waals surface area contributed by atoms with Crippen molar-refractivity contribution in [3.05, 3.63) is 163 Å². The quantitative estimate of drug-likeness (QED) is 0.0923. The van der Waals surface area contributed by atoms with Gasteiger partial charge in [-0.25, -0.2) is 0 Å². The molecule has 0 atom stereocenters. The summed E-state index contributed by atoms with van der Waals surface area (Å²) in [6.07, 6.45) is 1.34. The van der Waals surface area contributed by atoms with E-state index in [9.17, 15) is 10.2 Å². The molecule has 0 amide bonds. The van der Waals surface area contributed by atoms with E-state index in [-0.39, 0.29) is 11.5 Å². The topological polar surface area (TPSA) is 64.5 Å². The second-order valence-corrected chi connectivity index (χ2v) is 15.9. The molecule has 0 aliphatic rings. The molecule has 0 aliphatic carbocycles. The molecule has 4 nitrogen and oxygen atoms in total. The van der Waals surface area contributed by atoms with Crippen molar-refractivity contribution in [2.45, 2.75) is 66.3 Å². The molecule has 0 aliphatic heterocycles. The Balaban J connectivity index is 0.000000204. The first-order valence-corrected chi connectivity index (χ1v) is 20.2. The third kappa shape index (κ3) is 10.8. The largest absolute Gasteiger partial charge is 0.504 e. The van der Waals surface area contributed by atoms with Crippen LogP contribution in [-0.2, 0) is 25.9 Å². The van der Waals surface area contributed by atoms with Gasteiger partial charge in [0.15, 0.2) is 11.5 Å². The summed E-state index contributed by atoms with van der Waals surface area (Å²) in [5.41, 5.74) is 6.11. The highest BCUT2D eigenvalue weighted by Gasteiger charge is 2.16. The Bertz CT molecular complexity index is 2150. The third-order valence-corrected chi connectivity index (χ3v) is 12.1. The van der Waals surface area contributed by atoms with Crippen LogP contribution < -0.4 is 10.6 Å². The summed E-state index contributed by atoms with van der Waals surface area (Å²) in [6, 6.07) is 38.6. The Morgan fingerprint density at radius 1 is 0.528 bits per heavy atom. The molecule has 274 valence electrons. The van der Waals surface area contributed by atoms with E-state index in [0.717, 1.165) is 32.0 Å². The van der Waals surface area contributed by atoms with E-state index in [1.54, 1.807) is 35.7 Å². The molecule has 53 heavy (non-hydrogen) atoms. The van der Waals surface area contributed by atoms with Gasteiger partial charge in [0.2, 0.25) is 0 Å². The van der Waals surface area contributed by atoms with Gasteiger partial charge in [0.1, 0.15) is 0 Å². The number of hydrogen-bond acceptors (Lipinski definition) is 6. The van der Waals surface area contributed by atoms with Crippen LogP contribution in [0, 0.1) is 6.92 Å². The number of aryl methyl sites for hydroxylation is 1. The summed E-state index contributed by atoms with van der Waals surface area (Å²) in [6.45, 7) is 7.11. The molecule has 6 rings (SSSR count). The zero-order chi connectivity index (χ0) is 37.9. The third-order valence-electron chi connectivity index (χ3n) is 8.39.